The van der Waals surface area contributed by atoms with Gasteiger partial charge in [0, 0.05) is 36.3 Å². The van der Waals surface area contributed by atoms with E-state index in [0.29, 0.717) is 17.8 Å². The minimum atomic E-state index is -2.05. The number of hydrogen-bond donors (Lipinski definition) is 1. The number of benzene rings is 2. The molecule has 4 rings (SSSR count). The predicted octanol–water partition coefficient (Wildman–Crippen LogP) is 3.08. The zero-order chi connectivity index (χ0) is 19.9. The monoisotopic (exact) mass is 400 g/mol. The van der Waals surface area contributed by atoms with E-state index >= 15 is 0 Å². The summed E-state index contributed by atoms with van der Waals surface area (Å²) < 4.78 is 13.4. The SMILES string of the molecule is O=C(CCc1cc(F)cc(Cl)c1)C1(O)CCN(c2ccc3c(c2)C=NC3)C1=O. The van der Waals surface area contributed by atoms with E-state index < -0.39 is 23.1 Å². The fourth-order valence-corrected chi connectivity index (χ4v) is 3.93. The largest absolute Gasteiger partial charge is 0.373 e. The molecular formula is C21H18ClFN2O3. The van der Waals surface area contributed by atoms with Crippen molar-refractivity contribution >= 4 is 35.2 Å². The van der Waals surface area contributed by atoms with Gasteiger partial charge in [0.15, 0.2) is 5.78 Å². The molecule has 1 fully saturated rings. The third-order valence-electron chi connectivity index (χ3n) is 5.25. The maximum atomic E-state index is 13.4. The Balaban J connectivity index is 1.48. The second-order valence-corrected chi connectivity index (χ2v) is 7.56. The van der Waals surface area contributed by atoms with Crippen molar-refractivity contribution in [3.05, 3.63) is 63.9 Å². The van der Waals surface area contributed by atoms with Gasteiger partial charge in [0.1, 0.15) is 5.82 Å². The fraction of sp³-hybridized carbons (Fsp3) is 0.286. The predicted molar refractivity (Wildman–Crippen MR) is 104 cm³/mol. The number of Topliss-reactive ketones (excluding diaryl/α,β-unsaturated/α-hetero) is 1. The molecule has 0 aliphatic carbocycles. The number of halogens is 2. The van der Waals surface area contributed by atoms with Crippen LogP contribution >= 0.6 is 11.6 Å². The van der Waals surface area contributed by atoms with E-state index in [1.165, 1.54) is 17.0 Å². The molecule has 2 aliphatic heterocycles. The lowest BCUT2D eigenvalue weighted by atomic mass is 9.92. The van der Waals surface area contributed by atoms with Crippen molar-refractivity contribution in [2.24, 2.45) is 4.99 Å². The molecule has 1 saturated heterocycles. The van der Waals surface area contributed by atoms with Crippen molar-refractivity contribution in [1.29, 1.82) is 0 Å². The first kappa shape index (κ1) is 18.8. The number of aliphatic hydroxyl groups is 1. The van der Waals surface area contributed by atoms with Crippen molar-refractivity contribution in [2.45, 2.75) is 31.4 Å². The van der Waals surface area contributed by atoms with Crippen LogP contribution in [0.5, 0.6) is 0 Å². The van der Waals surface area contributed by atoms with Gasteiger partial charge >= 0.3 is 0 Å². The zero-order valence-corrected chi connectivity index (χ0v) is 15.7. The van der Waals surface area contributed by atoms with Gasteiger partial charge in [-0.15, -0.1) is 0 Å². The van der Waals surface area contributed by atoms with Crippen LogP contribution in [-0.4, -0.2) is 35.2 Å². The van der Waals surface area contributed by atoms with Crippen LogP contribution < -0.4 is 4.90 Å². The summed E-state index contributed by atoms with van der Waals surface area (Å²) >= 11 is 5.83. The maximum absolute atomic E-state index is 13.4. The third-order valence-corrected chi connectivity index (χ3v) is 5.47. The summed E-state index contributed by atoms with van der Waals surface area (Å²) in [7, 11) is 0. The van der Waals surface area contributed by atoms with Crippen LogP contribution in [0.2, 0.25) is 5.02 Å². The molecule has 1 amide bonds. The number of aliphatic imine (C=N–C) groups is 1. The van der Waals surface area contributed by atoms with Crippen LogP contribution in [0.15, 0.2) is 41.4 Å². The number of ketones is 1. The summed E-state index contributed by atoms with van der Waals surface area (Å²) in [6.07, 6.45) is 1.90. The van der Waals surface area contributed by atoms with Crippen LogP contribution in [-0.2, 0) is 22.6 Å². The number of amides is 1. The molecule has 0 spiro atoms. The highest BCUT2D eigenvalue weighted by atomic mass is 35.5. The average Bonchev–Trinajstić information content (AvgIpc) is 3.24. The van der Waals surface area contributed by atoms with Gasteiger partial charge in [-0.3, -0.25) is 14.6 Å². The van der Waals surface area contributed by atoms with Gasteiger partial charge in [-0.2, -0.15) is 0 Å². The first-order valence-corrected chi connectivity index (χ1v) is 9.40. The molecule has 0 aromatic heterocycles. The normalized spacial score (nSPS) is 20.7. The minimum absolute atomic E-state index is 0.0275. The minimum Gasteiger partial charge on any atom is -0.373 e. The van der Waals surface area contributed by atoms with Gasteiger partial charge in [-0.1, -0.05) is 17.7 Å². The topological polar surface area (TPSA) is 70.0 Å². The number of hydrogen-bond acceptors (Lipinski definition) is 4. The summed E-state index contributed by atoms with van der Waals surface area (Å²) in [6.45, 7) is 0.874. The number of rotatable bonds is 5. The van der Waals surface area contributed by atoms with Crippen LogP contribution in [0, 0.1) is 5.82 Å². The van der Waals surface area contributed by atoms with Gasteiger partial charge in [0.25, 0.3) is 5.91 Å². The molecule has 2 aromatic rings. The van der Waals surface area contributed by atoms with Crippen molar-refractivity contribution in [3.63, 3.8) is 0 Å². The summed E-state index contributed by atoms with van der Waals surface area (Å²) in [5.41, 5.74) is 1.15. The van der Waals surface area contributed by atoms with Gasteiger partial charge in [0.05, 0.1) is 6.54 Å². The van der Waals surface area contributed by atoms with Crippen molar-refractivity contribution in [2.75, 3.05) is 11.4 Å². The first-order valence-electron chi connectivity index (χ1n) is 9.02. The van der Waals surface area contributed by atoms with E-state index in [1.54, 1.807) is 18.3 Å². The van der Waals surface area contributed by atoms with Crippen molar-refractivity contribution in [1.82, 2.24) is 0 Å². The van der Waals surface area contributed by atoms with Crippen molar-refractivity contribution < 1.29 is 19.1 Å². The Bertz CT molecular complexity index is 987. The molecule has 144 valence electrons. The Morgan fingerprint density at radius 3 is 2.89 bits per heavy atom. The molecule has 0 radical (unpaired) electrons. The Kier molecular flexibility index (Phi) is 4.77. The fourth-order valence-electron chi connectivity index (χ4n) is 3.69. The molecule has 1 atom stereocenters. The molecular weight excluding hydrogens is 383 g/mol. The summed E-state index contributed by atoms with van der Waals surface area (Å²) in [4.78, 5) is 31.1. The van der Waals surface area contributed by atoms with Crippen LogP contribution in [0.4, 0.5) is 10.1 Å². The molecule has 2 aliphatic rings. The zero-order valence-electron chi connectivity index (χ0n) is 15.0. The summed E-state index contributed by atoms with van der Waals surface area (Å²) in [6, 6.07) is 9.58. The molecule has 2 heterocycles. The highest BCUT2D eigenvalue weighted by Crippen LogP contribution is 2.32. The number of anilines is 1. The standard InChI is InChI=1S/C21H18ClFN2O3/c22-16-7-13(8-17(23)10-16)1-4-19(26)21(28)5-6-25(20(21)27)18-3-2-14-11-24-12-15(14)9-18/h2-3,7-10,12,28H,1,4-6,11H2. The Hall–Kier alpha value is -2.57. The Labute approximate surface area is 166 Å². The Morgan fingerprint density at radius 2 is 2.11 bits per heavy atom. The number of nitrogens with zero attached hydrogens (tertiary/aromatic N) is 2. The molecule has 1 N–H and O–H groups in total. The molecule has 2 aromatic carbocycles. The summed E-state index contributed by atoms with van der Waals surface area (Å²) in [5.74, 6) is -1.68. The van der Waals surface area contributed by atoms with E-state index in [1.807, 2.05) is 12.1 Å². The van der Waals surface area contributed by atoms with Crippen molar-refractivity contribution in [3.8, 4) is 0 Å². The van der Waals surface area contributed by atoms with E-state index in [2.05, 4.69) is 4.99 Å². The molecule has 1 unspecified atom stereocenters. The quantitative estimate of drug-likeness (QED) is 0.784. The molecule has 5 nitrogen and oxygen atoms in total. The second-order valence-electron chi connectivity index (χ2n) is 7.12. The Morgan fingerprint density at radius 1 is 1.29 bits per heavy atom. The van der Waals surface area contributed by atoms with Crippen LogP contribution in [0.25, 0.3) is 0 Å². The van der Waals surface area contributed by atoms with E-state index in [4.69, 9.17) is 11.6 Å². The van der Waals surface area contributed by atoms with Gasteiger partial charge in [0.2, 0.25) is 5.60 Å². The maximum Gasteiger partial charge on any atom is 0.266 e. The first-order chi connectivity index (χ1) is 13.4. The van der Waals surface area contributed by atoms with Gasteiger partial charge in [-0.25, -0.2) is 4.39 Å². The number of fused-ring (bicyclic) bond motifs is 1. The summed E-state index contributed by atoms with van der Waals surface area (Å²) in [5, 5.41) is 11.0. The number of carbonyl (C=O) groups is 2. The molecule has 0 saturated carbocycles. The van der Waals surface area contributed by atoms with Crippen LogP contribution in [0.3, 0.4) is 0 Å². The van der Waals surface area contributed by atoms with Crippen LogP contribution in [0.1, 0.15) is 29.5 Å². The van der Waals surface area contributed by atoms with E-state index in [-0.39, 0.29) is 30.8 Å². The van der Waals surface area contributed by atoms with Gasteiger partial charge < -0.3 is 10.0 Å². The highest BCUT2D eigenvalue weighted by molar-refractivity contribution is 6.30. The third kappa shape index (κ3) is 3.34. The number of carbonyl (C=O) groups excluding carboxylic acids is 2. The highest BCUT2D eigenvalue weighted by Gasteiger charge is 2.50. The molecule has 28 heavy (non-hydrogen) atoms. The average molecular weight is 401 g/mol. The van der Waals surface area contributed by atoms with E-state index in [0.717, 1.165) is 11.1 Å². The second kappa shape index (κ2) is 7.11. The smallest absolute Gasteiger partial charge is 0.266 e. The lowest BCUT2D eigenvalue weighted by Crippen LogP contribution is -2.47. The lowest BCUT2D eigenvalue weighted by Gasteiger charge is -2.22. The molecule has 7 heteroatoms. The molecule has 0 bridgehead atoms. The van der Waals surface area contributed by atoms with E-state index in [9.17, 15) is 19.1 Å². The lowest BCUT2D eigenvalue weighted by molar-refractivity contribution is -0.147. The number of aryl methyl sites for hydroxylation is 1. The van der Waals surface area contributed by atoms with Gasteiger partial charge in [-0.05, 0) is 53.4 Å².